The zero-order valence-electron chi connectivity index (χ0n) is 18.6. The normalized spacial score (nSPS) is 15.0. The molecule has 4 rings (SSSR count). The van der Waals surface area contributed by atoms with Gasteiger partial charge in [-0.3, -0.25) is 10.1 Å². The molecule has 182 valence electrons. The average molecular weight is 497 g/mol. The number of benzene rings is 1. The van der Waals surface area contributed by atoms with E-state index in [2.05, 4.69) is 15.3 Å². The minimum atomic E-state index is -4.48. The number of nitrogens with zero attached hydrogens (tertiary/aromatic N) is 4. The van der Waals surface area contributed by atoms with Gasteiger partial charge in [-0.2, -0.15) is 18.2 Å². The number of hydrogen-bond acceptors (Lipinski definition) is 8. The number of halogens is 3. The number of amides is 2. The predicted octanol–water partition coefficient (Wildman–Crippen LogP) is 4.74. The number of hydrogen-bond donors (Lipinski definition) is 1. The van der Waals surface area contributed by atoms with E-state index in [1.54, 1.807) is 36.0 Å². The molecule has 1 aliphatic heterocycles. The second kappa shape index (κ2) is 8.78. The standard InChI is InChI=1S/C21H22F3N5O4S/c1-20(2,3)33-19(31)29-8-6-28(7-9-29)16(30)14-11-34-18(26-14)27-17-25-13-10-12(21(22,23)24)4-5-15(13)32-17/h4-5,10-11H,6-9H2,1-3H3,(H,25,26,27). The van der Waals surface area contributed by atoms with Gasteiger partial charge in [0, 0.05) is 31.6 Å². The summed E-state index contributed by atoms with van der Waals surface area (Å²) in [5.41, 5.74) is -0.981. The van der Waals surface area contributed by atoms with E-state index in [1.165, 1.54) is 6.07 Å². The van der Waals surface area contributed by atoms with Gasteiger partial charge < -0.3 is 19.0 Å². The molecule has 1 aromatic carbocycles. The lowest BCUT2D eigenvalue weighted by Gasteiger charge is -2.35. The number of rotatable bonds is 3. The van der Waals surface area contributed by atoms with Gasteiger partial charge in [0.05, 0.1) is 5.56 Å². The Kier molecular flexibility index (Phi) is 6.14. The molecule has 1 aliphatic rings. The number of piperazine rings is 1. The average Bonchev–Trinajstić information content (AvgIpc) is 3.37. The van der Waals surface area contributed by atoms with Gasteiger partial charge in [0.1, 0.15) is 16.8 Å². The van der Waals surface area contributed by atoms with Gasteiger partial charge in [-0.1, -0.05) is 0 Å². The zero-order chi connectivity index (χ0) is 24.7. The third-order valence-corrected chi connectivity index (χ3v) is 5.63. The molecule has 0 spiro atoms. The number of oxazole rings is 1. The van der Waals surface area contributed by atoms with Gasteiger partial charge in [-0.25, -0.2) is 9.78 Å². The van der Waals surface area contributed by atoms with Gasteiger partial charge in [0.15, 0.2) is 10.7 Å². The first-order valence-electron chi connectivity index (χ1n) is 10.4. The monoisotopic (exact) mass is 497 g/mol. The molecule has 3 aromatic rings. The highest BCUT2D eigenvalue weighted by Gasteiger charge is 2.31. The molecule has 13 heteroatoms. The summed E-state index contributed by atoms with van der Waals surface area (Å²) in [5, 5.41) is 4.65. The van der Waals surface area contributed by atoms with Gasteiger partial charge in [0.2, 0.25) is 0 Å². The maximum Gasteiger partial charge on any atom is 0.416 e. The number of ether oxygens (including phenoxy) is 1. The molecule has 0 saturated carbocycles. The molecule has 1 saturated heterocycles. The van der Waals surface area contributed by atoms with Crippen molar-refractivity contribution in [3.8, 4) is 0 Å². The fourth-order valence-corrected chi connectivity index (χ4v) is 3.93. The minimum Gasteiger partial charge on any atom is -0.444 e. The number of thiazole rings is 1. The summed E-state index contributed by atoms with van der Waals surface area (Å²) in [5.74, 6) is -0.291. The number of carbonyl (C=O) groups is 2. The number of nitrogens with one attached hydrogen (secondary N) is 1. The second-order valence-electron chi connectivity index (χ2n) is 8.62. The molecule has 9 nitrogen and oxygen atoms in total. The van der Waals surface area contributed by atoms with Crippen molar-refractivity contribution in [3.63, 3.8) is 0 Å². The largest absolute Gasteiger partial charge is 0.444 e. The Hall–Kier alpha value is -3.35. The summed E-state index contributed by atoms with van der Waals surface area (Å²) in [6.45, 7) is 6.74. The summed E-state index contributed by atoms with van der Waals surface area (Å²) >= 11 is 1.13. The Morgan fingerprint density at radius 3 is 2.41 bits per heavy atom. The van der Waals surface area contributed by atoms with Crippen LogP contribution in [0.25, 0.3) is 11.1 Å². The fraction of sp³-hybridized carbons (Fsp3) is 0.429. The van der Waals surface area contributed by atoms with Crippen LogP contribution in [0.3, 0.4) is 0 Å². The summed E-state index contributed by atoms with van der Waals surface area (Å²) in [6, 6.07) is 2.98. The van der Waals surface area contributed by atoms with E-state index in [-0.39, 0.29) is 28.7 Å². The number of anilines is 2. The number of carbonyl (C=O) groups excluding carboxylic acids is 2. The first-order valence-corrected chi connectivity index (χ1v) is 11.2. The lowest BCUT2D eigenvalue weighted by atomic mass is 10.2. The van der Waals surface area contributed by atoms with Crippen LogP contribution in [0, 0.1) is 0 Å². The van der Waals surface area contributed by atoms with Gasteiger partial charge in [0.25, 0.3) is 5.91 Å². The van der Waals surface area contributed by atoms with E-state index in [0.717, 1.165) is 23.5 Å². The van der Waals surface area contributed by atoms with Crippen LogP contribution in [0.15, 0.2) is 28.0 Å². The van der Waals surface area contributed by atoms with E-state index < -0.39 is 23.4 Å². The highest BCUT2D eigenvalue weighted by molar-refractivity contribution is 7.14. The third-order valence-electron chi connectivity index (χ3n) is 4.87. The summed E-state index contributed by atoms with van der Waals surface area (Å²) < 4.78 is 49.4. The maximum absolute atomic E-state index is 12.9. The van der Waals surface area contributed by atoms with Crippen molar-refractivity contribution < 1.29 is 31.9 Å². The van der Waals surface area contributed by atoms with Crippen LogP contribution >= 0.6 is 11.3 Å². The maximum atomic E-state index is 12.9. The minimum absolute atomic E-state index is 0.0337. The second-order valence-corrected chi connectivity index (χ2v) is 9.48. The molecule has 0 aliphatic carbocycles. The fourth-order valence-electron chi connectivity index (χ4n) is 3.26. The van der Waals surface area contributed by atoms with Crippen LogP contribution in [0.1, 0.15) is 36.8 Å². The van der Waals surface area contributed by atoms with Crippen LogP contribution in [0.2, 0.25) is 0 Å². The van der Waals surface area contributed by atoms with Crippen molar-refractivity contribution >= 4 is 45.6 Å². The topological polar surface area (TPSA) is 101 Å². The van der Waals surface area contributed by atoms with E-state index in [4.69, 9.17) is 9.15 Å². The molecule has 1 N–H and O–H groups in total. The molecule has 0 radical (unpaired) electrons. The molecule has 0 atom stereocenters. The highest BCUT2D eigenvalue weighted by Crippen LogP contribution is 2.32. The Balaban J connectivity index is 1.37. The zero-order valence-corrected chi connectivity index (χ0v) is 19.4. The molecule has 2 aromatic heterocycles. The number of alkyl halides is 3. The van der Waals surface area contributed by atoms with Crippen molar-refractivity contribution in [2.75, 3.05) is 31.5 Å². The van der Waals surface area contributed by atoms with Gasteiger partial charge in [-0.05, 0) is 39.0 Å². The number of aromatic nitrogens is 2. The lowest BCUT2D eigenvalue weighted by molar-refractivity contribution is -0.137. The molecule has 3 heterocycles. The van der Waals surface area contributed by atoms with Crippen LogP contribution in [0.4, 0.5) is 29.1 Å². The van der Waals surface area contributed by atoms with Crippen molar-refractivity contribution in [1.82, 2.24) is 19.8 Å². The molecular formula is C21H22F3N5O4S. The van der Waals surface area contributed by atoms with Crippen molar-refractivity contribution in [1.29, 1.82) is 0 Å². The first kappa shape index (κ1) is 23.8. The van der Waals surface area contributed by atoms with Crippen LogP contribution < -0.4 is 5.32 Å². The van der Waals surface area contributed by atoms with Crippen molar-refractivity contribution in [2.24, 2.45) is 0 Å². The van der Waals surface area contributed by atoms with E-state index >= 15 is 0 Å². The van der Waals surface area contributed by atoms with E-state index in [1.807, 2.05) is 0 Å². The number of fused-ring (bicyclic) bond motifs is 1. The van der Waals surface area contributed by atoms with Gasteiger partial charge in [-0.15, -0.1) is 11.3 Å². The van der Waals surface area contributed by atoms with Crippen molar-refractivity contribution in [3.05, 3.63) is 34.8 Å². The predicted molar refractivity (Wildman–Crippen MR) is 118 cm³/mol. The molecule has 1 fully saturated rings. The highest BCUT2D eigenvalue weighted by atomic mass is 32.1. The quantitative estimate of drug-likeness (QED) is 0.558. The Labute approximate surface area is 196 Å². The smallest absolute Gasteiger partial charge is 0.416 e. The SMILES string of the molecule is CC(C)(C)OC(=O)N1CCN(C(=O)c2csc(Nc3nc4cc(C(F)(F)F)ccc4o3)n2)CC1. The Morgan fingerprint density at radius 2 is 1.76 bits per heavy atom. The molecule has 0 unspecified atom stereocenters. The molecule has 2 amide bonds. The van der Waals surface area contributed by atoms with Crippen LogP contribution in [-0.4, -0.2) is 63.5 Å². The first-order chi connectivity index (χ1) is 15.9. The van der Waals surface area contributed by atoms with Crippen LogP contribution in [-0.2, 0) is 10.9 Å². The van der Waals surface area contributed by atoms with E-state index in [9.17, 15) is 22.8 Å². The van der Waals surface area contributed by atoms with Crippen molar-refractivity contribution in [2.45, 2.75) is 32.5 Å². The molecule has 34 heavy (non-hydrogen) atoms. The van der Waals surface area contributed by atoms with E-state index in [0.29, 0.717) is 31.3 Å². The Bertz CT molecular complexity index is 1210. The summed E-state index contributed by atoms with van der Waals surface area (Å²) in [6.07, 6.45) is -4.90. The molecular weight excluding hydrogens is 475 g/mol. The Morgan fingerprint density at radius 1 is 1.09 bits per heavy atom. The summed E-state index contributed by atoms with van der Waals surface area (Å²) in [4.78, 5) is 36.4. The summed E-state index contributed by atoms with van der Waals surface area (Å²) in [7, 11) is 0. The molecule has 0 bridgehead atoms. The third kappa shape index (κ3) is 5.41. The van der Waals surface area contributed by atoms with Gasteiger partial charge >= 0.3 is 18.3 Å². The van der Waals surface area contributed by atoms with Crippen LogP contribution in [0.5, 0.6) is 0 Å². The lowest BCUT2D eigenvalue weighted by Crippen LogP contribution is -2.51.